The zero-order chi connectivity index (χ0) is 22.2. The van der Waals surface area contributed by atoms with Crippen molar-refractivity contribution in [1.29, 1.82) is 0 Å². The maximum Gasteiger partial charge on any atom is 0.409 e. The average molecular weight is 431 g/mol. The first kappa shape index (κ1) is 20.3. The van der Waals surface area contributed by atoms with Crippen molar-refractivity contribution in [2.75, 3.05) is 19.7 Å². The average Bonchev–Trinajstić information content (AvgIpc) is 3.36. The predicted octanol–water partition coefficient (Wildman–Crippen LogP) is 4.25. The Morgan fingerprint density at radius 3 is 2.41 bits per heavy atom. The molecule has 1 aliphatic heterocycles. The van der Waals surface area contributed by atoms with Gasteiger partial charge < -0.3 is 14.7 Å². The monoisotopic (exact) mass is 431 g/mol. The fourth-order valence-corrected chi connectivity index (χ4v) is 5.02. The van der Waals surface area contributed by atoms with Gasteiger partial charge in [0.1, 0.15) is 12.2 Å². The van der Waals surface area contributed by atoms with E-state index in [-0.39, 0.29) is 30.1 Å². The van der Waals surface area contributed by atoms with Gasteiger partial charge in [-0.1, -0.05) is 48.5 Å². The molecule has 1 aromatic heterocycles. The molecule has 1 atom stereocenters. The summed E-state index contributed by atoms with van der Waals surface area (Å²) in [6.45, 7) is 1.29. The fourth-order valence-electron chi connectivity index (χ4n) is 5.02. The predicted molar refractivity (Wildman–Crippen MR) is 119 cm³/mol. The highest BCUT2D eigenvalue weighted by molar-refractivity contribution is 5.89. The molecular formula is C25H25N3O4. The second-order valence-electron chi connectivity index (χ2n) is 8.50. The third-order valence-corrected chi connectivity index (χ3v) is 6.49. The van der Waals surface area contributed by atoms with Crippen LogP contribution in [0, 0.1) is 0 Å². The zero-order valence-electron chi connectivity index (χ0n) is 17.9. The van der Waals surface area contributed by atoms with Gasteiger partial charge in [-0.25, -0.2) is 9.59 Å². The summed E-state index contributed by atoms with van der Waals surface area (Å²) in [5.41, 5.74) is 5.48. The molecule has 3 aromatic rings. The van der Waals surface area contributed by atoms with Crippen molar-refractivity contribution in [3.05, 3.63) is 77.1 Å². The van der Waals surface area contributed by atoms with E-state index in [2.05, 4.69) is 29.4 Å². The van der Waals surface area contributed by atoms with E-state index in [1.54, 1.807) is 11.9 Å². The van der Waals surface area contributed by atoms with Gasteiger partial charge in [0, 0.05) is 38.2 Å². The molecule has 32 heavy (non-hydrogen) atoms. The van der Waals surface area contributed by atoms with Gasteiger partial charge in [-0.05, 0) is 35.1 Å². The summed E-state index contributed by atoms with van der Waals surface area (Å²) in [5.74, 6) is -1.09. The number of carboxylic acid groups (broad SMARTS) is 1. The molecule has 1 amide bonds. The molecule has 0 bridgehead atoms. The Kier molecular flexibility index (Phi) is 5.17. The summed E-state index contributed by atoms with van der Waals surface area (Å²) >= 11 is 0. The Bertz CT molecular complexity index is 1140. The van der Waals surface area contributed by atoms with Crippen LogP contribution in [0.1, 0.15) is 51.9 Å². The molecule has 1 fully saturated rings. The number of amides is 1. The minimum Gasteiger partial charge on any atom is -0.478 e. The number of aryl methyl sites for hydroxylation is 1. The van der Waals surface area contributed by atoms with Crippen LogP contribution in [0.3, 0.4) is 0 Å². The summed E-state index contributed by atoms with van der Waals surface area (Å²) in [6.07, 6.45) is 2.74. The molecule has 164 valence electrons. The number of aromatic carboxylic acids is 1. The van der Waals surface area contributed by atoms with Gasteiger partial charge in [-0.2, -0.15) is 5.10 Å². The number of carbonyl (C=O) groups excluding carboxylic acids is 1. The van der Waals surface area contributed by atoms with Gasteiger partial charge in [-0.3, -0.25) is 4.68 Å². The summed E-state index contributed by atoms with van der Waals surface area (Å²) in [6, 6.07) is 16.5. The van der Waals surface area contributed by atoms with E-state index < -0.39 is 5.97 Å². The van der Waals surface area contributed by atoms with Crippen LogP contribution < -0.4 is 0 Å². The normalized spacial score (nSPS) is 17.7. The highest BCUT2D eigenvalue weighted by Crippen LogP contribution is 2.44. The fraction of sp³-hybridized carbons (Fsp3) is 0.320. The van der Waals surface area contributed by atoms with E-state index in [1.807, 2.05) is 24.3 Å². The van der Waals surface area contributed by atoms with E-state index in [4.69, 9.17) is 4.74 Å². The number of fused-ring (bicyclic) bond motifs is 3. The van der Waals surface area contributed by atoms with E-state index in [1.165, 1.54) is 33.1 Å². The lowest BCUT2D eigenvalue weighted by atomic mass is 9.93. The number of aromatic nitrogens is 2. The minimum absolute atomic E-state index is 0.0151. The summed E-state index contributed by atoms with van der Waals surface area (Å²) in [4.78, 5) is 26.2. The Hall–Kier alpha value is -3.61. The third-order valence-electron chi connectivity index (χ3n) is 6.49. The standard InChI is InChI=1S/C25H25N3O4/c1-27-14-21(24(29)30)23(26-27)16-7-6-12-28(13-16)25(31)32-15-22-19-10-4-2-8-17(19)18-9-3-5-11-20(18)22/h2-5,8-11,14,16,22H,6-7,12-13,15H2,1H3,(H,29,30). The molecule has 1 aliphatic carbocycles. The minimum atomic E-state index is -0.994. The maximum absolute atomic E-state index is 12.9. The van der Waals surface area contributed by atoms with Crippen LogP contribution in [-0.4, -0.2) is 51.5 Å². The first-order chi connectivity index (χ1) is 15.5. The quantitative estimate of drug-likeness (QED) is 0.668. The molecule has 7 nitrogen and oxygen atoms in total. The van der Waals surface area contributed by atoms with E-state index in [9.17, 15) is 14.7 Å². The van der Waals surface area contributed by atoms with Crippen LogP contribution in [0.15, 0.2) is 54.7 Å². The Balaban J connectivity index is 1.30. The molecule has 5 rings (SSSR count). The van der Waals surface area contributed by atoms with Crippen LogP contribution in [-0.2, 0) is 11.8 Å². The van der Waals surface area contributed by atoms with Gasteiger partial charge in [0.05, 0.1) is 5.69 Å². The SMILES string of the molecule is Cn1cc(C(=O)O)c(C2CCCN(C(=O)OCC3c4ccccc4-c4ccccc43)C2)n1. The van der Waals surface area contributed by atoms with Crippen molar-refractivity contribution in [3.63, 3.8) is 0 Å². The molecular weight excluding hydrogens is 406 g/mol. The summed E-state index contributed by atoms with van der Waals surface area (Å²) < 4.78 is 7.31. The number of carboxylic acids is 1. The largest absolute Gasteiger partial charge is 0.478 e. The number of benzene rings is 2. The highest BCUT2D eigenvalue weighted by Gasteiger charge is 2.33. The van der Waals surface area contributed by atoms with E-state index >= 15 is 0 Å². The molecule has 1 saturated heterocycles. The van der Waals surface area contributed by atoms with Crippen LogP contribution in [0.25, 0.3) is 11.1 Å². The number of hydrogen-bond donors (Lipinski definition) is 1. The molecule has 1 unspecified atom stereocenters. The second-order valence-corrected chi connectivity index (χ2v) is 8.50. The smallest absolute Gasteiger partial charge is 0.409 e. The van der Waals surface area contributed by atoms with Gasteiger partial charge in [0.15, 0.2) is 0 Å². The number of piperidine rings is 1. The van der Waals surface area contributed by atoms with Crippen molar-refractivity contribution in [3.8, 4) is 11.1 Å². The van der Waals surface area contributed by atoms with Gasteiger partial charge in [0.2, 0.25) is 0 Å². The molecule has 0 spiro atoms. The van der Waals surface area contributed by atoms with Crippen LogP contribution in [0.2, 0.25) is 0 Å². The summed E-state index contributed by atoms with van der Waals surface area (Å²) in [7, 11) is 1.71. The van der Waals surface area contributed by atoms with Crippen molar-refractivity contribution >= 4 is 12.1 Å². The lowest BCUT2D eigenvalue weighted by Crippen LogP contribution is -2.40. The number of likely N-dealkylation sites (tertiary alicyclic amines) is 1. The van der Waals surface area contributed by atoms with Gasteiger partial charge >= 0.3 is 12.1 Å². The lowest BCUT2D eigenvalue weighted by molar-refractivity contribution is 0.0693. The Morgan fingerprint density at radius 2 is 1.75 bits per heavy atom. The molecule has 0 radical (unpaired) electrons. The van der Waals surface area contributed by atoms with E-state index in [0.29, 0.717) is 18.8 Å². The molecule has 7 heteroatoms. The third kappa shape index (κ3) is 3.53. The van der Waals surface area contributed by atoms with Crippen molar-refractivity contribution in [2.45, 2.75) is 24.7 Å². The Labute approximate surface area is 186 Å². The van der Waals surface area contributed by atoms with Crippen LogP contribution in [0.5, 0.6) is 0 Å². The van der Waals surface area contributed by atoms with Crippen molar-refractivity contribution < 1.29 is 19.4 Å². The molecule has 2 aromatic carbocycles. The lowest BCUT2D eigenvalue weighted by Gasteiger charge is -2.31. The Morgan fingerprint density at radius 1 is 1.09 bits per heavy atom. The highest BCUT2D eigenvalue weighted by atomic mass is 16.6. The molecule has 2 heterocycles. The van der Waals surface area contributed by atoms with E-state index in [0.717, 1.165) is 12.8 Å². The van der Waals surface area contributed by atoms with Crippen LogP contribution >= 0.6 is 0 Å². The number of hydrogen-bond acceptors (Lipinski definition) is 4. The zero-order valence-corrected chi connectivity index (χ0v) is 17.9. The van der Waals surface area contributed by atoms with Crippen LogP contribution in [0.4, 0.5) is 4.79 Å². The van der Waals surface area contributed by atoms with Gasteiger partial charge in [0.25, 0.3) is 0 Å². The first-order valence-corrected chi connectivity index (χ1v) is 10.9. The molecule has 1 N–H and O–H groups in total. The topological polar surface area (TPSA) is 84.7 Å². The number of ether oxygens (including phenoxy) is 1. The number of rotatable bonds is 4. The summed E-state index contributed by atoms with van der Waals surface area (Å²) in [5, 5.41) is 13.9. The number of carbonyl (C=O) groups is 2. The van der Waals surface area contributed by atoms with Crippen molar-refractivity contribution in [1.82, 2.24) is 14.7 Å². The first-order valence-electron chi connectivity index (χ1n) is 10.9. The number of nitrogens with zero attached hydrogens (tertiary/aromatic N) is 3. The van der Waals surface area contributed by atoms with Crippen molar-refractivity contribution in [2.24, 2.45) is 7.05 Å². The second kappa shape index (κ2) is 8.15. The van der Waals surface area contributed by atoms with Gasteiger partial charge in [-0.15, -0.1) is 0 Å². The molecule has 0 saturated carbocycles. The molecule has 2 aliphatic rings. The maximum atomic E-state index is 12.9.